The highest BCUT2D eigenvalue weighted by Gasteiger charge is 2.40. The fraction of sp³-hybridized carbons (Fsp3) is 0.571. The van der Waals surface area contributed by atoms with Gasteiger partial charge < -0.3 is 15.0 Å². The Morgan fingerprint density at radius 2 is 2.10 bits per heavy atom. The summed E-state index contributed by atoms with van der Waals surface area (Å²) in [6, 6.07) is 1.50. The number of halogens is 2. The molecule has 1 aliphatic rings. The van der Waals surface area contributed by atoms with Gasteiger partial charge in [0.1, 0.15) is 10.8 Å². The lowest BCUT2D eigenvalue weighted by Crippen LogP contribution is -2.46. The standard InChI is InChI=1S/C14H18Cl2N2O3/c1-14(2,13(20)21)8-4-3-5-18(7-8)12(19)10-6-9(15)11(16)17-10/h6,8,17H,3-5,7H2,1-2H3,(H,20,21). The van der Waals surface area contributed by atoms with Crippen molar-refractivity contribution in [3.8, 4) is 0 Å². The van der Waals surface area contributed by atoms with Crippen LogP contribution < -0.4 is 0 Å². The van der Waals surface area contributed by atoms with Crippen molar-refractivity contribution in [3.05, 3.63) is 21.9 Å². The number of aliphatic carboxylic acids is 1. The molecule has 1 aliphatic heterocycles. The van der Waals surface area contributed by atoms with Crippen molar-refractivity contribution in [3.63, 3.8) is 0 Å². The number of carbonyl (C=O) groups is 2. The first-order chi connectivity index (χ1) is 9.73. The molecule has 1 saturated heterocycles. The second kappa shape index (κ2) is 5.89. The molecule has 1 unspecified atom stereocenters. The Bertz CT molecular complexity index is 549. The maximum Gasteiger partial charge on any atom is 0.309 e. The first-order valence-corrected chi connectivity index (χ1v) is 7.55. The Morgan fingerprint density at radius 1 is 1.43 bits per heavy atom. The summed E-state index contributed by atoms with van der Waals surface area (Å²) in [7, 11) is 0. The van der Waals surface area contributed by atoms with E-state index in [1.54, 1.807) is 18.7 Å². The van der Waals surface area contributed by atoms with Gasteiger partial charge in [0, 0.05) is 13.1 Å². The van der Waals surface area contributed by atoms with Crippen molar-refractivity contribution in [2.24, 2.45) is 11.3 Å². The minimum atomic E-state index is -0.857. The topological polar surface area (TPSA) is 73.4 Å². The van der Waals surface area contributed by atoms with Crippen LogP contribution in [0.1, 0.15) is 37.2 Å². The third-order valence-corrected chi connectivity index (χ3v) is 4.93. The number of hydrogen-bond donors (Lipinski definition) is 2. The second-order valence-electron chi connectivity index (χ2n) is 5.96. The molecule has 116 valence electrons. The van der Waals surface area contributed by atoms with Crippen LogP contribution in [0, 0.1) is 11.3 Å². The lowest BCUT2D eigenvalue weighted by molar-refractivity contribution is -0.151. The highest BCUT2D eigenvalue weighted by Crippen LogP contribution is 2.34. The SMILES string of the molecule is CC(C)(C(=O)O)C1CCCN(C(=O)c2cc(Cl)c(Cl)[nH]2)C1. The number of carboxylic acids is 1. The molecule has 5 nitrogen and oxygen atoms in total. The number of hydrogen-bond acceptors (Lipinski definition) is 2. The molecule has 0 saturated carbocycles. The number of amides is 1. The zero-order valence-corrected chi connectivity index (χ0v) is 13.5. The van der Waals surface area contributed by atoms with Crippen LogP contribution in [-0.4, -0.2) is 40.0 Å². The van der Waals surface area contributed by atoms with E-state index in [1.165, 1.54) is 6.07 Å². The van der Waals surface area contributed by atoms with Crippen molar-refractivity contribution in [1.82, 2.24) is 9.88 Å². The monoisotopic (exact) mass is 332 g/mol. The fourth-order valence-corrected chi connectivity index (χ4v) is 2.93. The zero-order valence-electron chi connectivity index (χ0n) is 11.9. The minimum absolute atomic E-state index is 0.0754. The van der Waals surface area contributed by atoms with E-state index in [1.807, 2.05) is 0 Å². The maximum atomic E-state index is 12.4. The average Bonchev–Trinajstić information content (AvgIpc) is 2.78. The third-order valence-electron chi connectivity index (χ3n) is 4.24. The van der Waals surface area contributed by atoms with Gasteiger partial charge in [-0.05, 0) is 38.7 Å². The normalized spacial score (nSPS) is 19.6. The van der Waals surface area contributed by atoms with Gasteiger partial charge in [0.05, 0.1) is 10.4 Å². The van der Waals surface area contributed by atoms with Crippen LogP contribution in [0.4, 0.5) is 0 Å². The summed E-state index contributed by atoms with van der Waals surface area (Å²) in [4.78, 5) is 28.2. The van der Waals surface area contributed by atoms with Crippen LogP contribution in [0.25, 0.3) is 0 Å². The van der Waals surface area contributed by atoms with Crippen molar-refractivity contribution >= 4 is 35.1 Å². The van der Waals surface area contributed by atoms with E-state index in [-0.39, 0.29) is 17.0 Å². The van der Waals surface area contributed by atoms with E-state index in [2.05, 4.69) is 4.98 Å². The molecule has 1 atom stereocenters. The Balaban J connectivity index is 2.14. The summed E-state index contributed by atoms with van der Waals surface area (Å²) >= 11 is 11.7. The first kappa shape index (κ1) is 16.2. The predicted octanol–water partition coefficient (Wildman–Crippen LogP) is 3.28. The summed E-state index contributed by atoms with van der Waals surface area (Å²) in [5.41, 5.74) is -0.525. The molecule has 0 aliphatic carbocycles. The summed E-state index contributed by atoms with van der Waals surface area (Å²) in [6.07, 6.45) is 1.59. The molecule has 0 aromatic carbocycles. The van der Waals surface area contributed by atoms with Gasteiger partial charge in [0.2, 0.25) is 0 Å². The third kappa shape index (κ3) is 3.19. The average molecular weight is 333 g/mol. The van der Waals surface area contributed by atoms with E-state index >= 15 is 0 Å². The molecule has 1 amide bonds. The molecule has 7 heteroatoms. The smallest absolute Gasteiger partial charge is 0.309 e. The second-order valence-corrected chi connectivity index (χ2v) is 6.75. The molecule has 1 aromatic heterocycles. The number of aromatic amines is 1. The highest BCUT2D eigenvalue weighted by molar-refractivity contribution is 6.41. The number of piperidine rings is 1. The molecule has 0 radical (unpaired) electrons. The van der Waals surface area contributed by atoms with Gasteiger partial charge in [-0.2, -0.15) is 0 Å². The number of carboxylic acid groups (broad SMARTS) is 1. The van der Waals surface area contributed by atoms with Gasteiger partial charge in [0.15, 0.2) is 0 Å². The van der Waals surface area contributed by atoms with Gasteiger partial charge in [-0.3, -0.25) is 9.59 Å². The molecular weight excluding hydrogens is 315 g/mol. The molecule has 2 N–H and O–H groups in total. The van der Waals surface area contributed by atoms with Gasteiger partial charge in [-0.15, -0.1) is 0 Å². The molecule has 0 spiro atoms. The molecule has 21 heavy (non-hydrogen) atoms. The maximum absolute atomic E-state index is 12.4. The summed E-state index contributed by atoms with van der Waals surface area (Å²) in [5.74, 6) is -1.11. The Morgan fingerprint density at radius 3 is 2.62 bits per heavy atom. The van der Waals surface area contributed by atoms with Gasteiger partial charge in [-0.1, -0.05) is 23.2 Å². The first-order valence-electron chi connectivity index (χ1n) is 6.80. The van der Waals surface area contributed by atoms with Crippen LogP contribution in [0.2, 0.25) is 10.2 Å². The number of H-pyrrole nitrogens is 1. The van der Waals surface area contributed by atoms with E-state index in [0.29, 0.717) is 23.8 Å². The van der Waals surface area contributed by atoms with Crippen LogP contribution in [-0.2, 0) is 4.79 Å². The van der Waals surface area contributed by atoms with Crippen molar-refractivity contribution in [1.29, 1.82) is 0 Å². The number of rotatable bonds is 3. The van der Waals surface area contributed by atoms with Gasteiger partial charge in [0.25, 0.3) is 5.91 Å². The lowest BCUT2D eigenvalue weighted by atomic mass is 9.74. The molecule has 0 bridgehead atoms. The van der Waals surface area contributed by atoms with E-state index in [4.69, 9.17) is 23.2 Å². The lowest BCUT2D eigenvalue weighted by Gasteiger charge is -2.39. The fourth-order valence-electron chi connectivity index (χ4n) is 2.61. The van der Waals surface area contributed by atoms with Gasteiger partial charge >= 0.3 is 5.97 Å². The van der Waals surface area contributed by atoms with Crippen molar-refractivity contribution in [2.45, 2.75) is 26.7 Å². The molecule has 2 rings (SSSR count). The summed E-state index contributed by atoms with van der Waals surface area (Å²) in [6.45, 7) is 4.44. The van der Waals surface area contributed by atoms with E-state index < -0.39 is 11.4 Å². The van der Waals surface area contributed by atoms with Crippen LogP contribution in [0.3, 0.4) is 0 Å². The Hall–Kier alpha value is -1.20. The number of aromatic nitrogens is 1. The quantitative estimate of drug-likeness (QED) is 0.891. The number of likely N-dealkylation sites (tertiary alicyclic amines) is 1. The Labute approximate surface area is 133 Å². The van der Waals surface area contributed by atoms with Crippen LogP contribution >= 0.6 is 23.2 Å². The van der Waals surface area contributed by atoms with Crippen molar-refractivity contribution < 1.29 is 14.7 Å². The predicted molar refractivity (Wildman–Crippen MR) is 80.9 cm³/mol. The van der Waals surface area contributed by atoms with Crippen molar-refractivity contribution in [2.75, 3.05) is 13.1 Å². The molecule has 1 fully saturated rings. The van der Waals surface area contributed by atoms with Crippen LogP contribution in [0.15, 0.2) is 6.07 Å². The zero-order chi connectivity index (χ0) is 15.8. The molecule has 1 aromatic rings. The summed E-state index contributed by atoms with van der Waals surface area (Å²) in [5, 5.41) is 9.87. The highest BCUT2D eigenvalue weighted by atomic mass is 35.5. The van der Waals surface area contributed by atoms with E-state index in [0.717, 1.165) is 12.8 Å². The van der Waals surface area contributed by atoms with E-state index in [9.17, 15) is 14.7 Å². The summed E-state index contributed by atoms with van der Waals surface area (Å²) < 4.78 is 0. The molecule has 2 heterocycles. The van der Waals surface area contributed by atoms with Crippen LogP contribution in [0.5, 0.6) is 0 Å². The minimum Gasteiger partial charge on any atom is -0.481 e. The number of nitrogens with one attached hydrogen (secondary N) is 1. The number of carbonyl (C=O) groups excluding carboxylic acids is 1. The Kier molecular flexibility index (Phi) is 4.54. The largest absolute Gasteiger partial charge is 0.481 e. The van der Waals surface area contributed by atoms with Gasteiger partial charge in [-0.25, -0.2) is 0 Å². The number of nitrogens with zero attached hydrogens (tertiary/aromatic N) is 1. The molecular formula is C14H18Cl2N2O3.